The fraction of sp³-hybridized carbons (Fsp3) is 0.100. The van der Waals surface area contributed by atoms with Crippen molar-refractivity contribution in [1.82, 2.24) is 14.8 Å². The Morgan fingerprint density at radius 3 is 2.80 bits per heavy atom. The second-order valence-corrected chi connectivity index (χ2v) is 3.20. The van der Waals surface area contributed by atoms with E-state index in [0.29, 0.717) is 5.56 Å². The Bertz CT molecular complexity index is 490. The van der Waals surface area contributed by atoms with Crippen molar-refractivity contribution in [2.45, 2.75) is 6.92 Å². The number of aryl methyl sites for hydroxylation is 1. The number of aromatic nitrogens is 3. The van der Waals surface area contributed by atoms with Gasteiger partial charge in [-0.15, -0.1) is 0 Å². The summed E-state index contributed by atoms with van der Waals surface area (Å²) < 4.78 is 1.62. The molecule has 1 aromatic carbocycles. The predicted octanol–water partition coefficient (Wildman–Crippen LogP) is 0.675. The molecular formula is C10H10N4O. The Morgan fingerprint density at radius 2 is 2.27 bits per heavy atom. The molecule has 5 nitrogen and oxygen atoms in total. The third-order valence-electron chi connectivity index (χ3n) is 2.16. The molecule has 2 rings (SSSR count). The lowest BCUT2D eigenvalue weighted by Gasteiger charge is -2.05. The van der Waals surface area contributed by atoms with Gasteiger partial charge in [-0.2, -0.15) is 5.10 Å². The van der Waals surface area contributed by atoms with E-state index in [1.807, 2.05) is 13.0 Å². The number of rotatable bonds is 2. The summed E-state index contributed by atoms with van der Waals surface area (Å²) >= 11 is 0. The fourth-order valence-electron chi connectivity index (χ4n) is 1.41. The number of benzene rings is 1. The van der Waals surface area contributed by atoms with Gasteiger partial charge >= 0.3 is 0 Å². The van der Waals surface area contributed by atoms with E-state index in [1.54, 1.807) is 23.1 Å². The van der Waals surface area contributed by atoms with Crippen LogP contribution in [-0.2, 0) is 0 Å². The molecule has 2 aromatic rings. The highest BCUT2D eigenvalue weighted by atomic mass is 16.1. The maximum Gasteiger partial charge on any atom is 0.248 e. The van der Waals surface area contributed by atoms with E-state index in [2.05, 4.69) is 10.1 Å². The molecule has 0 fully saturated rings. The Labute approximate surface area is 86.5 Å². The third kappa shape index (κ3) is 1.71. The predicted molar refractivity (Wildman–Crippen MR) is 54.6 cm³/mol. The average Bonchev–Trinajstić information content (AvgIpc) is 2.69. The molecule has 15 heavy (non-hydrogen) atoms. The summed E-state index contributed by atoms with van der Waals surface area (Å²) in [5.74, 6) is -0.419. The minimum atomic E-state index is -0.419. The number of carbonyl (C=O) groups excluding carboxylic acids is 1. The minimum Gasteiger partial charge on any atom is -0.366 e. The van der Waals surface area contributed by atoms with E-state index in [-0.39, 0.29) is 0 Å². The van der Waals surface area contributed by atoms with Crippen LogP contribution >= 0.6 is 0 Å². The van der Waals surface area contributed by atoms with Crippen LogP contribution in [0.5, 0.6) is 0 Å². The summed E-state index contributed by atoms with van der Waals surface area (Å²) in [6.07, 6.45) is 3.05. The highest BCUT2D eigenvalue weighted by Crippen LogP contribution is 2.13. The zero-order valence-corrected chi connectivity index (χ0v) is 8.21. The summed E-state index contributed by atoms with van der Waals surface area (Å²) in [7, 11) is 0. The van der Waals surface area contributed by atoms with Crippen LogP contribution in [0.1, 0.15) is 15.9 Å². The van der Waals surface area contributed by atoms with E-state index in [1.165, 1.54) is 6.33 Å². The first-order chi connectivity index (χ1) is 7.18. The first-order valence-electron chi connectivity index (χ1n) is 4.44. The van der Waals surface area contributed by atoms with E-state index in [9.17, 15) is 4.79 Å². The molecule has 76 valence electrons. The van der Waals surface area contributed by atoms with Gasteiger partial charge in [-0.3, -0.25) is 4.79 Å². The van der Waals surface area contributed by atoms with Crippen LogP contribution in [0.2, 0.25) is 0 Å². The van der Waals surface area contributed by atoms with Gasteiger partial charge in [0.25, 0.3) is 0 Å². The molecule has 0 bridgehead atoms. The Hall–Kier alpha value is -2.17. The molecular weight excluding hydrogens is 192 g/mol. The smallest absolute Gasteiger partial charge is 0.248 e. The van der Waals surface area contributed by atoms with Gasteiger partial charge in [-0.05, 0) is 30.7 Å². The number of hydrogen-bond donors (Lipinski definition) is 1. The van der Waals surface area contributed by atoms with Crippen LogP contribution in [0.15, 0.2) is 30.9 Å². The van der Waals surface area contributed by atoms with Crippen molar-refractivity contribution in [3.63, 3.8) is 0 Å². The van der Waals surface area contributed by atoms with Gasteiger partial charge in [-0.1, -0.05) is 0 Å². The van der Waals surface area contributed by atoms with Crippen LogP contribution in [-0.4, -0.2) is 20.7 Å². The van der Waals surface area contributed by atoms with Crippen LogP contribution in [0.3, 0.4) is 0 Å². The van der Waals surface area contributed by atoms with Crippen molar-refractivity contribution >= 4 is 5.91 Å². The summed E-state index contributed by atoms with van der Waals surface area (Å²) in [4.78, 5) is 14.9. The van der Waals surface area contributed by atoms with Crippen molar-refractivity contribution < 1.29 is 4.79 Å². The topological polar surface area (TPSA) is 73.8 Å². The highest BCUT2D eigenvalue weighted by molar-refractivity contribution is 5.94. The molecule has 0 radical (unpaired) electrons. The van der Waals surface area contributed by atoms with Gasteiger partial charge in [0.05, 0.1) is 5.69 Å². The molecule has 1 amide bonds. The molecule has 5 heteroatoms. The largest absolute Gasteiger partial charge is 0.366 e. The second kappa shape index (κ2) is 3.53. The van der Waals surface area contributed by atoms with Crippen LogP contribution in [0.4, 0.5) is 0 Å². The van der Waals surface area contributed by atoms with Crippen molar-refractivity contribution in [3.05, 3.63) is 42.0 Å². The van der Waals surface area contributed by atoms with Crippen LogP contribution in [0, 0.1) is 6.92 Å². The fourth-order valence-corrected chi connectivity index (χ4v) is 1.41. The number of primary amides is 1. The molecule has 0 aliphatic carbocycles. The van der Waals surface area contributed by atoms with Gasteiger partial charge in [0, 0.05) is 5.56 Å². The zero-order valence-electron chi connectivity index (χ0n) is 8.21. The lowest BCUT2D eigenvalue weighted by molar-refractivity contribution is 0.0999. The molecule has 1 heterocycles. The Balaban J connectivity index is 2.47. The number of carbonyl (C=O) groups is 1. The number of amides is 1. The monoisotopic (exact) mass is 202 g/mol. The van der Waals surface area contributed by atoms with Gasteiger partial charge in [-0.25, -0.2) is 9.67 Å². The molecule has 0 saturated carbocycles. The first-order valence-corrected chi connectivity index (χ1v) is 4.44. The van der Waals surface area contributed by atoms with Crippen molar-refractivity contribution in [2.75, 3.05) is 0 Å². The maximum absolute atomic E-state index is 11.0. The summed E-state index contributed by atoms with van der Waals surface area (Å²) in [5, 5.41) is 3.99. The summed E-state index contributed by atoms with van der Waals surface area (Å²) in [6, 6.07) is 5.31. The standard InChI is InChI=1S/C10H10N4O/c1-7-4-8(14-6-12-5-13-14)2-3-9(7)10(11)15/h2-6H,1H3,(H2,11,15). The average molecular weight is 202 g/mol. The molecule has 2 N–H and O–H groups in total. The lowest BCUT2D eigenvalue weighted by Crippen LogP contribution is -2.12. The Kier molecular flexibility index (Phi) is 2.21. The molecule has 0 spiro atoms. The number of nitrogens with zero attached hydrogens (tertiary/aromatic N) is 3. The number of hydrogen-bond acceptors (Lipinski definition) is 3. The summed E-state index contributed by atoms with van der Waals surface area (Å²) in [5.41, 5.74) is 7.42. The van der Waals surface area contributed by atoms with Crippen LogP contribution < -0.4 is 5.73 Å². The molecule has 0 atom stereocenters. The van der Waals surface area contributed by atoms with E-state index in [4.69, 9.17) is 5.73 Å². The van der Waals surface area contributed by atoms with Crippen molar-refractivity contribution in [3.8, 4) is 5.69 Å². The van der Waals surface area contributed by atoms with E-state index in [0.717, 1.165) is 11.3 Å². The van der Waals surface area contributed by atoms with Gasteiger partial charge < -0.3 is 5.73 Å². The van der Waals surface area contributed by atoms with Gasteiger partial charge in [0.2, 0.25) is 5.91 Å². The lowest BCUT2D eigenvalue weighted by atomic mass is 10.1. The molecule has 0 saturated heterocycles. The Morgan fingerprint density at radius 1 is 1.47 bits per heavy atom. The van der Waals surface area contributed by atoms with Crippen LogP contribution in [0.25, 0.3) is 5.69 Å². The SMILES string of the molecule is Cc1cc(-n2cncn2)ccc1C(N)=O. The van der Waals surface area contributed by atoms with Crippen molar-refractivity contribution in [2.24, 2.45) is 5.73 Å². The second-order valence-electron chi connectivity index (χ2n) is 3.20. The van der Waals surface area contributed by atoms with E-state index < -0.39 is 5.91 Å². The molecule has 0 aliphatic heterocycles. The van der Waals surface area contributed by atoms with E-state index >= 15 is 0 Å². The minimum absolute atomic E-state index is 0.419. The molecule has 1 aromatic heterocycles. The third-order valence-corrected chi connectivity index (χ3v) is 2.16. The molecule has 0 unspecified atom stereocenters. The van der Waals surface area contributed by atoms with Crippen molar-refractivity contribution in [1.29, 1.82) is 0 Å². The number of nitrogens with two attached hydrogens (primary N) is 1. The van der Waals surface area contributed by atoms with Gasteiger partial charge in [0.15, 0.2) is 0 Å². The quantitative estimate of drug-likeness (QED) is 0.778. The highest BCUT2D eigenvalue weighted by Gasteiger charge is 2.06. The van der Waals surface area contributed by atoms with Gasteiger partial charge in [0.1, 0.15) is 12.7 Å². The summed E-state index contributed by atoms with van der Waals surface area (Å²) in [6.45, 7) is 1.83. The first kappa shape index (κ1) is 9.39. The normalized spacial score (nSPS) is 10.2. The maximum atomic E-state index is 11.0. The molecule has 0 aliphatic rings. The zero-order chi connectivity index (χ0) is 10.8.